The highest BCUT2D eigenvalue weighted by Gasteiger charge is 2.19. The van der Waals surface area contributed by atoms with Gasteiger partial charge < -0.3 is 4.84 Å². The van der Waals surface area contributed by atoms with Gasteiger partial charge in [-0.1, -0.05) is 23.4 Å². The van der Waals surface area contributed by atoms with Gasteiger partial charge in [0.25, 0.3) is 0 Å². The lowest BCUT2D eigenvalue weighted by Crippen LogP contribution is -2.19. The maximum Gasteiger partial charge on any atom is 0.183 e. The zero-order valence-corrected chi connectivity index (χ0v) is 10.0. The van der Waals surface area contributed by atoms with E-state index in [-0.39, 0.29) is 0 Å². The van der Waals surface area contributed by atoms with Gasteiger partial charge in [0.1, 0.15) is 6.61 Å². The highest BCUT2D eigenvalue weighted by atomic mass is 32.2. The van der Waals surface area contributed by atoms with E-state index >= 15 is 0 Å². The standard InChI is InChI=1S/C11H9NO2S2/c13-16-6-5-14-12-11(16)10-7-8-3-1-2-4-9(8)15-10/h1-4,7H,5-6H2/t16-/m1/s1. The van der Waals surface area contributed by atoms with E-state index in [1.54, 1.807) is 11.3 Å². The summed E-state index contributed by atoms with van der Waals surface area (Å²) < 4.78 is 13.0. The van der Waals surface area contributed by atoms with Crippen LogP contribution in [-0.2, 0) is 15.6 Å². The van der Waals surface area contributed by atoms with Crippen molar-refractivity contribution in [2.75, 3.05) is 12.4 Å². The lowest BCUT2D eigenvalue weighted by atomic mass is 10.2. The third-order valence-electron chi connectivity index (χ3n) is 2.36. The quantitative estimate of drug-likeness (QED) is 0.780. The van der Waals surface area contributed by atoms with Gasteiger partial charge >= 0.3 is 0 Å². The van der Waals surface area contributed by atoms with Crippen LogP contribution in [0.3, 0.4) is 0 Å². The second-order valence-corrected chi connectivity index (χ2v) is 6.00. The minimum absolute atomic E-state index is 0.445. The molecule has 0 fully saturated rings. The van der Waals surface area contributed by atoms with Gasteiger partial charge in [0.05, 0.1) is 21.4 Å². The van der Waals surface area contributed by atoms with Gasteiger partial charge in [0.15, 0.2) is 5.04 Å². The molecule has 0 bridgehead atoms. The molecule has 1 aromatic carbocycles. The summed E-state index contributed by atoms with van der Waals surface area (Å²) >= 11 is 1.60. The Bertz CT molecular complexity index is 555. The van der Waals surface area contributed by atoms with E-state index in [2.05, 4.69) is 11.2 Å². The molecule has 0 aliphatic carbocycles. The highest BCUT2D eigenvalue weighted by Crippen LogP contribution is 2.27. The van der Waals surface area contributed by atoms with Gasteiger partial charge in [-0.25, -0.2) is 0 Å². The van der Waals surface area contributed by atoms with Crippen molar-refractivity contribution in [3.63, 3.8) is 0 Å². The summed E-state index contributed by atoms with van der Waals surface area (Å²) in [6.07, 6.45) is 0. The van der Waals surface area contributed by atoms with Crippen LogP contribution in [0.2, 0.25) is 0 Å². The molecular formula is C11H9NO2S2. The van der Waals surface area contributed by atoms with Crippen molar-refractivity contribution in [3.05, 3.63) is 35.2 Å². The first-order valence-corrected chi connectivity index (χ1v) is 7.05. The Hall–Kier alpha value is -1.20. The lowest BCUT2D eigenvalue weighted by molar-refractivity contribution is 0.159. The number of rotatable bonds is 1. The average molecular weight is 251 g/mol. The first kappa shape index (κ1) is 9.99. The van der Waals surface area contributed by atoms with Crippen molar-refractivity contribution >= 4 is 37.3 Å². The van der Waals surface area contributed by atoms with Crippen LogP contribution in [0.5, 0.6) is 0 Å². The summed E-state index contributed by atoms with van der Waals surface area (Å²) in [7, 11) is -1.02. The lowest BCUT2D eigenvalue weighted by Gasteiger charge is -2.09. The van der Waals surface area contributed by atoms with Crippen molar-refractivity contribution in [2.45, 2.75) is 0 Å². The smallest absolute Gasteiger partial charge is 0.183 e. The number of nitrogens with zero attached hydrogens (tertiary/aromatic N) is 1. The zero-order valence-electron chi connectivity index (χ0n) is 8.38. The monoisotopic (exact) mass is 251 g/mol. The molecule has 0 spiro atoms. The second kappa shape index (κ2) is 3.99. The third-order valence-corrected chi connectivity index (χ3v) is 4.87. The van der Waals surface area contributed by atoms with Crippen molar-refractivity contribution < 1.29 is 9.05 Å². The van der Waals surface area contributed by atoms with Crippen LogP contribution in [0, 0.1) is 0 Å². The highest BCUT2D eigenvalue weighted by molar-refractivity contribution is 8.01. The summed E-state index contributed by atoms with van der Waals surface area (Å²) in [5.41, 5.74) is 0. The number of oxime groups is 1. The molecule has 1 atom stereocenters. The number of hydrogen-bond donors (Lipinski definition) is 0. The molecule has 5 heteroatoms. The number of hydrogen-bond acceptors (Lipinski definition) is 4. The molecule has 0 amide bonds. The van der Waals surface area contributed by atoms with Gasteiger partial charge in [0, 0.05) is 4.70 Å². The first-order valence-electron chi connectivity index (χ1n) is 4.92. The Morgan fingerprint density at radius 2 is 2.25 bits per heavy atom. The van der Waals surface area contributed by atoms with E-state index in [0.717, 1.165) is 10.3 Å². The van der Waals surface area contributed by atoms with Crippen molar-refractivity contribution in [1.29, 1.82) is 0 Å². The molecule has 16 heavy (non-hydrogen) atoms. The molecule has 1 aromatic heterocycles. The second-order valence-electron chi connectivity index (χ2n) is 3.43. The van der Waals surface area contributed by atoms with E-state index < -0.39 is 10.8 Å². The molecule has 1 aliphatic heterocycles. The molecule has 0 N–H and O–H groups in total. The maximum atomic E-state index is 11.8. The van der Waals surface area contributed by atoms with Gasteiger partial charge in [0.2, 0.25) is 0 Å². The van der Waals surface area contributed by atoms with Crippen LogP contribution in [-0.4, -0.2) is 21.6 Å². The van der Waals surface area contributed by atoms with Gasteiger partial charge in [-0.05, 0) is 17.5 Å². The summed E-state index contributed by atoms with van der Waals surface area (Å²) in [6, 6.07) is 10.1. The molecule has 0 saturated heterocycles. The molecule has 0 saturated carbocycles. The normalized spacial score (nSPS) is 20.5. The van der Waals surface area contributed by atoms with Gasteiger partial charge in [-0.15, -0.1) is 11.3 Å². The fourth-order valence-electron chi connectivity index (χ4n) is 1.60. The number of fused-ring (bicyclic) bond motifs is 1. The molecule has 82 valence electrons. The van der Waals surface area contributed by atoms with Crippen molar-refractivity contribution in [1.82, 2.24) is 0 Å². The van der Waals surface area contributed by atoms with Crippen LogP contribution in [0.25, 0.3) is 10.1 Å². The van der Waals surface area contributed by atoms with Gasteiger partial charge in [-0.2, -0.15) is 0 Å². The Kier molecular flexibility index (Phi) is 2.49. The van der Waals surface area contributed by atoms with Crippen molar-refractivity contribution in [2.24, 2.45) is 5.16 Å². The van der Waals surface area contributed by atoms with E-state index in [1.165, 1.54) is 4.70 Å². The van der Waals surface area contributed by atoms with Crippen molar-refractivity contribution in [3.8, 4) is 0 Å². The van der Waals surface area contributed by atoms with Crippen LogP contribution in [0.15, 0.2) is 35.5 Å². The predicted octanol–water partition coefficient (Wildman–Crippen LogP) is 2.34. The Morgan fingerprint density at radius 1 is 1.38 bits per heavy atom. The minimum Gasteiger partial charge on any atom is -0.394 e. The molecule has 0 unspecified atom stereocenters. The number of benzene rings is 1. The molecular weight excluding hydrogens is 242 g/mol. The minimum atomic E-state index is -1.02. The first-order chi connectivity index (χ1) is 7.84. The van der Waals surface area contributed by atoms with E-state index in [9.17, 15) is 4.21 Å². The summed E-state index contributed by atoms with van der Waals surface area (Å²) in [4.78, 5) is 5.95. The fourth-order valence-corrected chi connectivity index (χ4v) is 3.78. The van der Waals surface area contributed by atoms with Crippen LogP contribution in [0.1, 0.15) is 4.88 Å². The Balaban J connectivity index is 2.12. The summed E-state index contributed by atoms with van der Waals surface area (Å²) in [6.45, 7) is 0.445. The summed E-state index contributed by atoms with van der Waals surface area (Å²) in [5.74, 6) is 0.535. The predicted molar refractivity (Wildman–Crippen MR) is 67.3 cm³/mol. The summed E-state index contributed by atoms with van der Waals surface area (Å²) in [5, 5.41) is 5.64. The molecule has 0 radical (unpaired) electrons. The average Bonchev–Trinajstić information content (AvgIpc) is 2.73. The van der Waals surface area contributed by atoms with E-state index in [4.69, 9.17) is 4.84 Å². The van der Waals surface area contributed by atoms with Crippen LogP contribution >= 0.6 is 11.3 Å². The third kappa shape index (κ3) is 1.66. The molecule has 2 aromatic rings. The zero-order chi connectivity index (χ0) is 11.0. The SMILES string of the molecule is O=[S@@]1CCON=C1c1cc2ccccc2s1. The number of thiophene rings is 1. The topological polar surface area (TPSA) is 38.7 Å². The van der Waals surface area contributed by atoms with Gasteiger partial charge in [-0.3, -0.25) is 4.21 Å². The largest absolute Gasteiger partial charge is 0.394 e. The molecule has 1 aliphatic rings. The Morgan fingerprint density at radius 3 is 3.06 bits per heavy atom. The molecule has 2 heterocycles. The van der Waals surface area contributed by atoms with E-state index in [1.807, 2.05) is 24.3 Å². The van der Waals surface area contributed by atoms with Crippen LogP contribution in [0.4, 0.5) is 0 Å². The molecule has 3 nitrogen and oxygen atoms in total. The van der Waals surface area contributed by atoms with Crippen LogP contribution < -0.4 is 0 Å². The Labute approximate surface area is 99.2 Å². The van der Waals surface area contributed by atoms with E-state index in [0.29, 0.717) is 17.4 Å². The maximum absolute atomic E-state index is 11.8. The fraction of sp³-hybridized carbons (Fsp3) is 0.182. The molecule has 3 rings (SSSR count).